The lowest BCUT2D eigenvalue weighted by atomic mass is 10.2. The van der Waals surface area contributed by atoms with Crippen LogP contribution >= 0.6 is 11.6 Å². The molecule has 0 aromatic carbocycles. The quantitative estimate of drug-likeness (QED) is 0.830. The number of aryl methyl sites for hydroxylation is 2. The van der Waals surface area contributed by atoms with Crippen LogP contribution < -0.4 is 5.32 Å². The first-order chi connectivity index (χ1) is 8.04. The first kappa shape index (κ1) is 11.6. The maximum Gasteiger partial charge on any atom is 0.255 e. The van der Waals surface area contributed by atoms with E-state index in [4.69, 9.17) is 11.6 Å². The van der Waals surface area contributed by atoms with Gasteiger partial charge in [-0.1, -0.05) is 11.6 Å². The predicted octanol–water partition coefficient (Wildman–Crippen LogP) is 2.03. The SMILES string of the molecule is Cc1cc(C(=O)Nc2cnn(C)c2)cc(Cl)n1. The van der Waals surface area contributed by atoms with Crippen molar-refractivity contribution in [1.29, 1.82) is 0 Å². The molecular formula is C11H11ClN4O. The lowest BCUT2D eigenvalue weighted by Gasteiger charge is -2.03. The van der Waals surface area contributed by atoms with Gasteiger partial charge in [0.15, 0.2) is 0 Å². The van der Waals surface area contributed by atoms with E-state index in [1.807, 2.05) is 0 Å². The molecule has 0 fully saturated rings. The Morgan fingerprint density at radius 1 is 1.47 bits per heavy atom. The Balaban J connectivity index is 2.19. The van der Waals surface area contributed by atoms with E-state index in [1.165, 1.54) is 6.07 Å². The van der Waals surface area contributed by atoms with Crippen LogP contribution in [0.2, 0.25) is 5.15 Å². The van der Waals surface area contributed by atoms with E-state index >= 15 is 0 Å². The molecule has 1 N–H and O–H groups in total. The number of carbonyl (C=O) groups is 1. The van der Waals surface area contributed by atoms with Gasteiger partial charge in [-0.3, -0.25) is 9.48 Å². The normalized spacial score (nSPS) is 10.3. The van der Waals surface area contributed by atoms with Gasteiger partial charge in [-0.25, -0.2) is 4.98 Å². The number of rotatable bonds is 2. The third-order valence-electron chi connectivity index (χ3n) is 2.15. The molecule has 0 spiro atoms. The fourth-order valence-electron chi connectivity index (χ4n) is 1.45. The van der Waals surface area contributed by atoms with Gasteiger partial charge >= 0.3 is 0 Å². The van der Waals surface area contributed by atoms with Gasteiger partial charge in [-0.15, -0.1) is 0 Å². The molecular weight excluding hydrogens is 240 g/mol. The Morgan fingerprint density at radius 2 is 2.24 bits per heavy atom. The molecule has 17 heavy (non-hydrogen) atoms. The van der Waals surface area contributed by atoms with Gasteiger partial charge in [-0.05, 0) is 19.1 Å². The van der Waals surface area contributed by atoms with Gasteiger partial charge in [0.2, 0.25) is 0 Å². The summed E-state index contributed by atoms with van der Waals surface area (Å²) in [5, 5.41) is 6.99. The molecule has 0 aliphatic heterocycles. The van der Waals surface area contributed by atoms with Crippen LogP contribution in [0.4, 0.5) is 5.69 Å². The van der Waals surface area contributed by atoms with E-state index < -0.39 is 0 Å². The number of nitrogens with one attached hydrogen (secondary N) is 1. The van der Waals surface area contributed by atoms with Crippen LogP contribution in [0, 0.1) is 6.92 Å². The molecule has 0 unspecified atom stereocenters. The van der Waals surface area contributed by atoms with Crippen molar-refractivity contribution in [3.8, 4) is 0 Å². The molecule has 2 aromatic rings. The Hall–Kier alpha value is -1.88. The Kier molecular flexibility index (Phi) is 3.10. The van der Waals surface area contributed by atoms with Gasteiger partial charge in [0.25, 0.3) is 5.91 Å². The summed E-state index contributed by atoms with van der Waals surface area (Å²) in [5.41, 5.74) is 1.82. The van der Waals surface area contributed by atoms with Crippen molar-refractivity contribution in [2.24, 2.45) is 7.05 Å². The molecule has 0 bridgehead atoms. The number of hydrogen-bond acceptors (Lipinski definition) is 3. The smallest absolute Gasteiger partial charge is 0.255 e. The topological polar surface area (TPSA) is 59.8 Å². The lowest BCUT2D eigenvalue weighted by Crippen LogP contribution is -2.12. The van der Waals surface area contributed by atoms with E-state index in [0.717, 1.165) is 0 Å². The van der Waals surface area contributed by atoms with Crippen molar-refractivity contribution in [2.45, 2.75) is 6.92 Å². The molecule has 0 radical (unpaired) electrons. The van der Waals surface area contributed by atoms with Crippen molar-refractivity contribution in [3.63, 3.8) is 0 Å². The Morgan fingerprint density at radius 3 is 2.82 bits per heavy atom. The molecule has 0 saturated heterocycles. The first-order valence-corrected chi connectivity index (χ1v) is 5.36. The maximum atomic E-state index is 11.9. The zero-order valence-electron chi connectivity index (χ0n) is 9.44. The first-order valence-electron chi connectivity index (χ1n) is 4.99. The molecule has 0 aliphatic rings. The van der Waals surface area contributed by atoms with Crippen LogP contribution in [-0.4, -0.2) is 20.7 Å². The van der Waals surface area contributed by atoms with Gasteiger partial charge in [-0.2, -0.15) is 5.10 Å². The van der Waals surface area contributed by atoms with E-state index in [2.05, 4.69) is 15.4 Å². The molecule has 1 amide bonds. The highest BCUT2D eigenvalue weighted by molar-refractivity contribution is 6.29. The van der Waals surface area contributed by atoms with Crippen LogP contribution in [0.1, 0.15) is 16.1 Å². The summed E-state index contributed by atoms with van der Waals surface area (Å²) in [6.45, 7) is 1.78. The molecule has 0 aliphatic carbocycles. The van der Waals surface area contributed by atoms with Crippen LogP contribution in [-0.2, 0) is 7.05 Å². The molecule has 6 heteroatoms. The van der Waals surface area contributed by atoms with E-state index in [9.17, 15) is 4.79 Å². The zero-order valence-corrected chi connectivity index (χ0v) is 10.2. The fraction of sp³-hybridized carbons (Fsp3) is 0.182. The second-order valence-corrected chi connectivity index (χ2v) is 4.06. The summed E-state index contributed by atoms with van der Waals surface area (Å²) in [6, 6.07) is 3.21. The summed E-state index contributed by atoms with van der Waals surface area (Å²) in [5.74, 6) is -0.231. The molecule has 5 nitrogen and oxygen atoms in total. The largest absolute Gasteiger partial charge is 0.319 e. The monoisotopic (exact) mass is 250 g/mol. The third-order valence-corrected chi connectivity index (χ3v) is 2.34. The second kappa shape index (κ2) is 4.55. The fourth-order valence-corrected chi connectivity index (χ4v) is 1.70. The predicted molar refractivity (Wildman–Crippen MR) is 65.1 cm³/mol. The van der Waals surface area contributed by atoms with Crippen molar-refractivity contribution < 1.29 is 4.79 Å². The van der Waals surface area contributed by atoms with Gasteiger partial charge in [0.1, 0.15) is 5.15 Å². The molecule has 2 aromatic heterocycles. The Bertz CT molecular complexity index is 544. The highest BCUT2D eigenvalue weighted by atomic mass is 35.5. The molecule has 2 rings (SSSR count). The minimum Gasteiger partial charge on any atom is -0.319 e. The number of aromatic nitrogens is 3. The van der Waals surface area contributed by atoms with Gasteiger partial charge < -0.3 is 5.32 Å². The standard InChI is InChI=1S/C11H11ClN4O/c1-7-3-8(4-10(12)14-7)11(17)15-9-5-13-16(2)6-9/h3-6H,1-2H3,(H,15,17). The molecule has 0 saturated carbocycles. The minimum absolute atomic E-state index is 0.231. The summed E-state index contributed by atoms with van der Waals surface area (Å²) in [7, 11) is 1.78. The summed E-state index contributed by atoms with van der Waals surface area (Å²) < 4.78 is 1.61. The van der Waals surface area contributed by atoms with E-state index in [1.54, 1.807) is 37.1 Å². The number of pyridine rings is 1. The number of nitrogens with zero attached hydrogens (tertiary/aromatic N) is 3. The van der Waals surface area contributed by atoms with Crippen LogP contribution in [0.25, 0.3) is 0 Å². The van der Waals surface area contributed by atoms with E-state index in [-0.39, 0.29) is 5.91 Å². The summed E-state index contributed by atoms with van der Waals surface area (Å²) in [6.07, 6.45) is 3.29. The van der Waals surface area contributed by atoms with Crippen LogP contribution in [0.5, 0.6) is 0 Å². The highest BCUT2D eigenvalue weighted by Crippen LogP contribution is 2.12. The zero-order chi connectivity index (χ0) is 12.4. The summed E-state index contributed by atoms with van der Waals surface area (Å²) in [4.78, 5) is 15.9. The number of amides is 1. The number of halogens is 1. The van der Waals surface area contributed by atoms with Crippen LogP contribution in [0.15, 0.2) is 24.5 Å². The van der Waals surface area contributed by atoms with E-state index in [0.29, 0.717) is 22.1 Å². The van der Waals surface area contributed by atoms with Gasteiger partial charge in [0.05, 0.1) is 11.9 Å². The second-order valence-electron chi connectivity index (χ2n) is 3.68. The van der Waals surface area contributed by atoms with Crippen molar-refractivity contribution >= 4 is 23.2 Å². The molecule has 2 heterocycles. The minimum atomic E-state index is -0.231. The van der Waals surface area contributed by atoms with Crippen molar-refractivity contribution in [2.75, 3.05) is 5.32 Å². The third kappa shape index (κ3) is 2.82. The lowest BCUT2D eigenvalue weighted by molar-refractivity contribution is 0.102. The highest BCUT2D eigenvalue weighted by Gasteiger charge is 2.09. The Labute approximate surface area is 103 Å². The van der Waals surface area contributed by atoms with Gasteiger partial charge in [0, 0.05) is 24.5 Å². The summed E-state index contributed by atoms with van der Waals surface area (Å²) >= 11 is 5.79. The number of anilines is 1. The maximum absolute atomic E-state index is 11.9. The average Bonchev–Trinajstić information content (AvgIpc) is 2.62. The van der Waals surface area contributed by atoms with Crippen molar-refractivity contribution in [3.05, 3.63) is 40.9 Å². The van der Waals surface area contributed by atoms with Crippen molar-refractivity contribution in [1.82, 2.24) is 14.8 Å². The molecule has 0 atom stereocenters. The molecule has 88 valence electrons. The number of hydrogen-bond donors (Lipinski definition) is 1. The number of carbonyl (C=O) groups excluding carboxylic acids is 1. The average molecular weight is 251 g/mol. The van der Waals surface area contributed by atoms with Crippen LogP contribution in [0.3, 0.4) is 0 Å².